The van der Waals surface area contributed by atoms with Crippen LogP contribution in [0.5, 0.6) is 0 Å². The summed E-state index contributed by atoms with van der Waals surface area (Å²) in [6.07, 6.45) is 2.36. The lowest BCUT2D eigenvalue weighted by Gasteiger charge is -2.35. The van der Waals surface area contributed by atoms with Gasteiger partial charge < -0.3 is 20.6 Å². The summed E-state index contributed by atoms with van der Waals surface area (Å²) >= 11 is 0. The number of aromatic nitrogens is 4. The summed E-state index contributed by atoms with van der Waals surface area (Å²) in [5, 5.41) is 27.8. The fourth-order valence-electron chi connectivity index (χ4n) is 4.54. The Morgan fingerprint density at radius 2 is 2.06 bits per heavy atom. The number of rotatable bonds is 8. The Hall–Kier alpha value is -3.37. The van der Waals surface area contributed by atoms with Crippen molar-refractivity contribution >= 4 is 11.7 Å². The summed E-state index contributed by atoms with van der Waals surface area (Å²) in [5.74, 6) is 0.838. The number of aliphatic hydroxyl groups is 1. The summed E-state index contributed by atoms with van der Waals surface area (Å²) in [5.41, 5.74) is 2.51. The van der Waals surface area contributed by atoms with Crippen LogP contribution >= 0.6 is 0 Å². The van der Waals surface area contributed by atoms with E-state index in [4.69, 9.17) is 0 Å². The number of piperidine rings is 1. The molecular formula is C25H32FN7O2. The number of aryl methyl sites for hydroxylation is 1. The minimum atomic E-state index is -0.707. The SMILES string of the molecule is C[C@@H](NC(=O)Nc1cccc(-c2nnnn2C)c1)C(O)CN1CCC[C@@H](Cc2ccc(F)cc2)C1. The molecule has 1 aromatic heterocycles. The highest BCUT2D eigenvalue weighted by Gasteiger charge is 2.25. The molecule has 9 nitrogen and oxygen atoms in total. The van der Waals surface area contributed by atoms with Crippen molar-refractivity contribution in [1.82, 2.24) is 30.4 Å². The lowest BCUT2D eigenvalue weighted by Crippen LogP contribution is -2.49. The predicted molar refractivity (Wildman–Crippen MR) is 131 cm³/mol. The van der Waals surface area contributed by atoms with Crippen LogP contribution < -0.4 is 10.6 Å². The fraction of sp³-hybridized carbons (Fsp3) is 0.440. The highest BCUT2D eigenvalue weighted by atomic mass is 19.1. The Kier molecular flexibility index (Phi) is 8.04. The van der Waals surface area contributed by atoms with Gasteiger partial charge in [-0.2, -0.15) is 0 Å². The van der Waals surface area contributed by atoms with E-state index >= 15 is 0 Å². The number of carbonyl (C=O) groups is 1. The van der Waals surface area contributed by atoms with Crippen molar-refractivity contribution in [3.05, 3.63) is 59.9 Å². The number of tetrazole rings is 1. The molecule has 0 radical (unpaired) electrons. The van der Waals surface area contributed by atoms with Gasteiger partial charge in [0, 0.05) is 31.4 Å². The Morgan fingerprint density at radius 3 is 2.80 bits per heavy atom. The van der Waals surface area contributed by atoms with Crippen LogP contribution in [0, 0.1) is 11.7 Å². The first-order valence-electron chi connectivity index (χ1n) is 11.9. The summed E-state index contributed by atoms with van der Waals surface area (Å²) in [6, 6.07) is 13.1. The van der Waals surface area contributed by atoms with Crippen molar-refractivity contribution in [1.29, 1.82) is 0 Å². The summed E-state index contributed by atoms with van der Waals surface area (Å²) in [6.45, 7) is 4.07. The smallest absolute Gasteiger partial charge is 0.319 e. The van der Waals surface area contributed by atoms with E-state index in [0.29, 0.717) is 24.0 Å². The van der Waals surface area contributed by atoms with E-state index in [2.05, 4.69) is 31.1 Å². The van der Waals surface area contributed by atoms with Gasteiger partial charge in [-0.05, 0) is 78.9 Å². The zero-order valence-corrected chi connectivity index (χ0v) is 20.1. The largest absolute Gasteiger partial charge is 0.390 e. The number of benzene rings is 2. The number of likely N-dealkylation sites (tertiary alicyclic amines) is 1. The third kappa shape index (κ3) is 6.83. The molecule has 0 bridgehead atoms. The fourth-order valence-corrected chi connectivity index (χ4v) is 4.54. The number of urea groups is 1. The normalized spacial score (nSPS) is 18.1. The zero-order valence-electron chi connectivity index (χ0n) is 20.1. The zero-order chi connectivity index (χ0) is 24.8. The Bertz CT molecular complexity index is 1120. The van der Waals surface area contributed by atoms with E-state index in [9.17, 15) is 14.3 Å². The van der Waals surface area contributed by atoms with Gasteiger partial charge in [0.1, 0.15) is 5.82 Å². The number of carbonyl (C=O) groups excluding carboxylic acids is 1. The summed E-state index contributed by atoms with van der Waals surface area (Å²) in [7, 11) is 1.75. The second kappa shape index (κ2) is 11.4. The van der Waals surface area contributed by atoms with E-state index in [1.807, 2.05) is 24.3 Å². The Balaban J connectivity index is 1.25. The molecule has 1 aliphatic rings. The number of β-amino-alcohol motifs (C(OH)–C–C–N with tert-alkyl or cyclic N) is 1. The second-order valence-electron chi connectivity index (χ2n) is 9.26. The van der Waals surface area contributed by atoms with Crippen molar-refractivity contribution in [2.75, 3.05) is 25.0 Å². The van der Waals surface area contributed by atoms with Crippen LogP contribution in [0.25, 0.3) is 11.4 Å². The maximum absolute atomic E-state index is 13.2. The third-order valence-electron chi connectivity index (χ3n) is 6.42. The lowest BCUT2D eigenvalue weighted by molar-refractivity contribution is 0.0662. The molecule has 0 spiro atoms. The molecule has 4 rings (SSSR count). The number of nitrogens with one attached hydrogen (secondary N) is 2. The minimum Gasteiger partial charge on any atom is -0.390 e. The molecule has 2 aromatic carbocycles. The average Bonchev–Trinajstić information content (AvgIpc) is 3.27. The predicted octanol–water partition coefficient (Wildman–Crippen LogP) is 2.84. The number of halogens is 1. The van der Waals surface area contributed by atoms with E-state index in [1.54, 1.807) is 30.8 Å². The maximum Gasteiger partial charge on any atom is 0.319 e. The van der Waals surface area contributed by atoms with Gasteiger partial charge in [-0.15, -0.1) is 5.10 Å². The molecule has 35 heavy (non-hydrogen) atoms. The standard InChI is InChI=1S/C25H32FN7O2/c1-17(27-25(35)28-22-7-3-6-20(14-22)24-29-30-31-32(24)2)23(34)16-33-12-4-5-19(15-33)13-18-8-10-21(26)11-9-18/h3,6-11,14,17,19,23,34H,4-5,12-13,15-16H2,1-2H3,(H2,27,28,35)/t17-,19+,23?/m1/s1. The first-order chi connectivity index (χ1) is 16.9. The van der Waals surface area contributed by atoms with Crippen molar-refractivity contribution < 1.29 is 14.3 Å². The van der Waals surface area contributed by atoms with Gasteiger partial charge >= 0.3 is 6.03 Å². The van der Waals surface area contributed by atoms with Gasteiger partial charge in [-0.1, -0.05) is 24.3 Å². The van der Waals surface area contributed by atoms with Crippen LogP contribution in [0.15, 0.2) is 48.5 Å². The van der Waals surface area contributed by atoms with Crippen LogP contribution in [-0.2, 0) is 13.5 Å². The number of anilines is 1. The van der Waals surface area contributed by atoms with Gasteiger partial charge in [0.2, 0.25) is 0 Å². The first-order valence-corrected chi connectivity index (χ1v) is 11.9. The van der Waals surface area contributed by atoms with Crippen LogP contribution in [0.1, 0.15) is 25.3 Å². The molecule has 3 N–H and O–H groups in total. The number of hydrogen-bond donors (Lipinski definition) is 3. The monoisotopic (exact) mass is 481 g/mol. The lowest BCUT2D eigenvalue weighted by atomic mass is 9.91. The third-order valence-corrected chi connectivity index (χ3v) is 6.42. The van der Waals surface area contributed by atoms with Crippen LogP contribution in [0.3, 0.4) is 0 Å². The number of aliphatic hydroxyl groups excluding tert-OH is 1. The first kappa shape index (κ1) is 24.7. The summed E-state index contributed by atoms with van der Waals surface area (Å²) < 4.78 is 14.7. The topological polar surface area (TPSA) is 108 Å². The van der Waals surface area contributed by atoms with E-state index in [1.165, 1.54) is 12.1 Å². The van der Waals surface area contributed by atoms with Crippen LogP contribution in [0.2, 0.25) is 0 Å². The number of amides is 2. The van der Waals surface area contributed by atoms with Gasteiger partial charge in [0.05, 0.1) is 12.1 Å². The Labute approximate surface area is 204 Å². The van der Waals surface area contributed by atoms with Crippen molar-refractivity contribution in [3.63, 3.8) is 0 Å². The van der Waals surface area contributed by atoms with Gasteiger partial charge in [-0.25, -0.2) is 13.9 Å². The molecule has 1 aliphatic heterocycles. The molecule has 1 saturated heterocycles. The van der Waals surface area contributed by atoms with Crippen molar-refractivity contribution in [3.8, 4) is 11.4 Å². The van der Waals surface area contributed by atoms with Crippen LogP contribution in [-0.4, -0.2) is 68.0 Å². The van der Waals surface area contributed by atoms with E-state index in [0.717, 1.165) is 43.5 Å². The molecule has 2 heterocycles. The van der Waals surface area contributed by atoms with Gasteiger partial charge in [-0.3, -0.25) is 0 Å². The van der Waals surface area contributed by atoms with Crippen molar-refractivity contribution in [2.45, 2.75) is 38.3 Å². The average molecular weight is 482 g/mol. The number of nitrogens with zero attached hydrogens (tertiary/aromatic N) is 5. The molecule has 0 saturated carbocycles. The maximum atomic E-state index is 13.2. The molecule has 3 atom stereocenters. The second-order valence-corrected chi connectivity index (χ2v) is 9.26. The van der Waals surface area contributed by atoms with Gasteiger partial charge in [0.15, 0.2) is 5.82 Å². The molecule has 1 unspecified atom stereocenters. The molecule has 1 fully saturated rings. The van der Waals surface area contributed by atoms with E-state index < -0.39 is 18.2 Å². The summed E-state index contributed by atoms with van der Waals surface area (Å²) in [4.78, 5) is 14.8. The highest BCUT2D eigenvalue weighted by molar-refractivity contribution is 5.90. The minimum absolute atomic E-state index is 0.219. The molecule has 186 valence electrons. The van der Waals surface area contributed by atoms with Gasteiger partial charge in [0.25, 0.3) is 0 Å². The highest BCUT2D eigenvalue weighted by Crippen LogP contribution is 2.22. The molecule has 0 aliphatic carbocycles. The van der Waals surface area contributed by atoms with Crippen molar-refractivity contribution in [2.24, 2.45) is 13.0 Å². The number of hydrogen-bond acceptors (Lipinski definition) is 6. The van der Waals surface area contributed by atoms with E-state index in [-0.39, 0.29) is 5.82 Å². The molecular weight excluding hydrogens is 449 g/mol. The van der Waals surface area contributed by atoms with Crippen LogP contribution in [0.4, 0.5) is 14.9 Å². The molecule has 3 aromatic rings. The molecule has 10 heteroatoms. The quantitative estimate of drug-likeness (QED) is 0.457. The molecule has 2 amide bonds. The Morgan fingerprint density at radius 1 is 1.26 bits per heavy atom.